The highest BCUT2D eigenvalue weighted by Gasteiger charge is 2.07. The van der Waals surface area contributed by atoms with Gasteiger partial charge in [0.15, 0.2) is 11.5 Å². The average molecular weight is 429 g/mol. The van der Waals surface area contributed by atoms with Gasteiger partial charge >= 0.3 is 0 Å². The summed E-state index contributed by atoms with van der Waals surface area (Å²) >= 11 is 0. The van der Waals surface area contributed by atoms with Crippen LogP contribution in [0.2, 0.25) is 0 Å². The number of nitrogens with one attached hydrogen (secondary N) is 3. The van der Waals surface area contributed by atoms with E-state index in [0.717, 1.165) is 0 Å². The number of phenolic OH excluding ortho intramolecular Hbond substituents is 1. The molecule has 0 aliphatic heterocycles. The molecule has 32 heavy (non-hydrogen) atoms. The van der Waals surface area contributed by atoms with E-state index in [1.54, 1.807) is 54.6 Å². The van der Waals surface area contributed by atoms with E-state index in [2.05, 4.69) is 25.8 Å². The molecule has 0 unspecified atom stereocenters. The van der Waals surface area contributed by atoms with Gasteiger partial charge in [-0.15, -0.1) is 0 Å². The zero-order valence-electron chi connectivity index (χ0n) is 17.0. The lowest BCUT2D eigenvalue weighted by Crippen LogP contribution is -2.17. The van der Waals surface area contributed by atoms with E-state index in [0.29, 0.717) is 39.4 Å². The van der Waals surface area contributed by atoms with Crippen LogP contribution < -0.4 is 21.0 Å². The second-order valence-corrected chi connectivity index (χ2v) is 6.76. The lowest BCUT2D eigenvalue weighted by Gasteiger charge is -2.07. The molecule has 0 aliphatic carbocycles. The first-order valence-corrected chi connectivity index (χ1v) is 9.60. The zero-order chi connectivity index (χ0) is 22.5. The molecule has 4 aromatic rings. The molecule has 160 valence electrons. The van der Waals surface area contributed by atoms with Gasteiger partial charge in [0.05, 0.1) is 24.2 Å². The summed E-state index contributed by atoms with van der Waals surface area (Å²) in [6, 6.07) is 18.4. The van der Waals surface area contributed by atoms with Gasteiger partial charge in [0.2, 0.25) is 5.95 Å². The minimum absolute atomic E-state index is 0.0188. The number of methoxy groups -OCH3 is 1. The Labute approximate surface area is 182 Å². The Hall–Kier alpha value is -4.66. The maximum atomic E-state index is 12.3. The molecule has 0 radical (unpaired) electrons. The molecule has 0 saturated heterocycles. The van der Waals surface area contributed by atoms with Crippen LogP contribution in [0.25, 0.3) is 10.9 Å². The molecule has 4 rings (SSSR count). The molecule has 0 bridgehead atoms. The predicted octanol–water partition coefficient (Wildman–Crippen LogP) is 3.14. The number of aromatic nitrogens is 2. The molecular weight excluding hydrogens is 410 g/mol. The number of amides is 1. The van der Waals surface area contributed by atoms with E-state index in [-0.39, 0.29) is 11.3 Å². The Balaban J connectivity index is 1.41. The van der Waals surface area contributed by atoms with Crippen LogP contribution in [0.15, 0.2) is 76.6 Å². The molecule has 9 nitrogen and oxygen atoms in total. The number of nitrogens with zero attached hydrogens (tertiary/aromatic N) is 2. The van der Waals surface area contributed by atoms with Crippen molar-refractivity contribution < 1.29 is 14.6 Å². The molecule has 1 heterocycles. The maximum Gasteiger partial charge on any atom is 0.271 e. The highest BCUT2D eigenvalue weighted by molar-refractivity contribution is 5.95. The van der Waals surface area contributed by atoms with Gasteiger partial charge in [-0.05, 0) is 60.2 Å². The minimum Gasteiger partial charge on any atom is -0.504 e. The number of H-pyrrole nitrogens is 1. The fraction of sp³-hybridized carbons (Fsp3) is 0.0435. The van der Waals surface area contributed by atoms with Gasteiger partial charge in [-0.2, -0.15) is 5.10 Å². The van der Waals surface area contributed by atoms with Gasteiger partial charge in [0, 0.05) is 11.3 Å². The average Bonchev–Trinajstić information content (AvgIpc) is 2.80. The van der Waals surface area contributed by atoms with E-state index >= 15 is 0 Å². The third-order valence-electron chi connectivity index (χ3n) is 4.61. The van der Waals surface area contributed by atoms with Crippen LogP contribution in [0, 0.1) is 0 Å². The SMILES string of the molecule is COc1cc(/C=N\NC(=O)c2ccc(Nc3nc4ccccc4c(=O)[nH]3)cc2)ccc1O. The van der Waals surface area contributed by atoms with Crippen LogP contribution >= 0.6 is 0 Å². The van der Waals surface area contributed by atoms with Gasteiger partial charge in [-0.1, -0.05) is 12.1 Å². The summed E-state index contributed by atoms with van der Waals surface area (Å²) in [5.74, 6) is 0.242. The number of hydrazone groups is 1. The molecule has 0 atom stereocenters. The number of hydrogen-bond donors (Lipinski definition) is 4. The summed E-state index contributed by atoms with van der Waals surface area (Å²) in [7, 11) is 1.45. The first kappa shape index (κ1) is 20.6. The van der Waals surface area contributed by atoms with Gasteiger partial charge < -0.3 is 15.2 Å². The topological polar surface area (TPSA) is 129 Å². The summed E-state index contributed by atoms with van der Waals surface area (Å²) in [4.78, 5) is 31.5. The number of para-hydroxylation sites is 1. The van der Waals surface area contributed by atoms with E-state index in [1.165, 1.54) is 19.4 Å². The largest absolute Gasteiger partial charge is 0.504 e. The fourth-order valence-corrected chi connectivity index (χ4v) is 2.99. The van der Waals surface area contributed by atoms with Gasteiger partial charge in [-0.3, -0.25) is 14.6 Å². The molecule has 1 aromatic heterocycles. The van der Waals surface area contributed by atoms with Crippen molar-refractivity contribution in [3.8, 4) is 11.5 Å². The van der Waals surface area contributed by atoms with Gasteiger partial charge in [0.1, 0.15) is 0 Å². The molecule has 0 saturated carbocycles. The smallest absolute Gasteiger partial charge is 0.271 e. The van der Waals surface area contributed by atoms with Crippen LogP contribution in [0.5, 0.6) is 11.5 Å². The third kappa shape index (κ3) is 4.57. The van der Waals surface area contributed by atoms with Crippen molar-refractivity contribution in [3.63, 3.8) is 0 Å². The number of aromatic hydroxyl groups is 1. The number of fused-ring (bicyclic) bond motifs is 1. The number of benzene rings is 3. The number of aromatic amines is 1. The Kier molecular flexibility index (Phi) is 5.80. The summed E-state index contributed by atoms with van der Waals surface area (Å²) < 4.78 is 5.03. The van der Waals surface area contributed by atoms with Gasteiger partial charge in [-0.25, -0.2) is 10.4 Å². The Morgan fingerprint density at radius 1 is 1.12 bits per heavy atom. The van der Waals surface area contributed by atoms with Crippen molar-refractivity contribution in [2.45, 2.75) is 0 Å². The van der Waals surface area contributed by atoms with Crippen LogP contribution in [0.3, 0.4) is 0 Å². The highest BCUT2D eigenvalue weighted by atomic mass is 16.5. The summed E-state index contributed by atoms with van der Waals surface area (Å²) in [6.45, 7) is 0. The normalized spacial score (nSPS) is 10.9. The third-order valence-corrected chi connectivity index (χ3v) is 4.61. The van der Waals surface area contributed by atoms with Crippen LogP contribution in [-0.4, -0.2) is 34.3 Å². The predicted molar refractivity (Wildman–Crippen MR) is 122 cm³/mol. The van der Waals surface area contributed by atoms with Crippen molar-refractivity contribution in [1.29, 1.82) is 0 Å². The van der Waals surface area contributed by atoms with Crippen molar-refractivity contribution in [2.75, 3.05) is 12.4 Å². The Bertz CT molecular complexity index is 1360. The highest BCUT2D eigenvalue weighted by Crippen LogP contribution is 2.25. The summed E-state index contributed by atoms with van der Waals surface area (Å²) in [5.41, 5.74) is 4.49. The number of rotatable bonds is 6. The first-order chi connectivity index (χ1) is 15.5. The summed E-state index contributed by atoms with van der Waals surface area (Å²) in [5, 5.41) is 17.1. The number of ether oxygens (including phenoxy) is 1. The number of anilines is 2. The van der Waals surface area contributed by atoms with E-state index in [9.17, 15) is 14.7 Å². The standard InChI is InChI=1S/C23H19N5O4/c1-32-20-12-14(6-11-19(20)29)13-24-28-21(30)15-7-9-16(10-8-15)25-23-26-18-5-3-2-4-17(18)22(31)27-23/h2-13,29H,1H3,(H,28,30)(H2,25,26,27,31)/b24-13-. The van der Waals surface area contributed by atoms with Crippen LogP contribution in [-0.2, 0) is 0 Å². The zero-order valence-corrected chi connectivity index (χ0v) is 17.0. The molecule has 4 N–H and O–H groups in total. The van der Waals surface area contributed by atoms with E-state index in [4.69, 9.17) is 4.74 Å². The van der Waals surface area contributed by atoms with E-state index in [1.807, 2.05) is 6.07 Å². The molecule has 0 fully saturated rings. The summed E-state index contributed by atoms with van der Waals surface area (Å²) in [6.07, 6.45) is 1.44. The Morgan fingerprint density at radius 2 is 1.91 bits per heavy atom. The van der Waals surface area contributed by atoms with Crippen LogP contribution in [0.4, 0.5) is 11.6 Å². The Morgan fingerprint density at radius 3 is 2.69 bits per heavy atom. The fourth-order valence-electron chi connectivity index (χ4n) is 2.99. The second kappa shape index (κ2) is 9.00. The maximum absolute atomic E-state index is 12.3. The van der Waals surface area contributed by atoms with Crippen molar-refractivity contribution in [3.05, 3.63) is 88.2 Å². The quantitative estimate of drug-likeness (QED) is 0.275. The number of carbonyl (C=O) groups excluding carboxylic acids is 1. The molecule has 1 amide bonds. The van der Waals surface area contributed by atoms with Crippen molar-refractivity contribution in [1.82, 2.24) is 15.4 Å². The molecule has 0 aliphatic rings. The molecule has 9 heteroatoms. The van der Waals surface area contributed by atoms with E-state index < -0.39 is 5.91 Å². The van der Waals surface area contributed by atoms with Crippen molar-refractivity contribution in [2.24, 2.45) is 5.10 Å². The minimum atomic E-state index is -0.393. The lowest BCUT2D eigenvalue weighted by atomic mass is 10.2. The monoisotopic (exact) mass is 429 g/mol. The lowest BCUT2D eigenvalue weighted by molar-refractivity contribution is 0.0955. The first-order valence-electron chi connectivity index (χ1n) is 9.60. The number of hydrogen-bond acceptors (Lipinski definition) is 7. The molecular formula is C23H19N5O4. The molecule has 3 aromatic carbocycles. The van der Waals surface area contributed by atoms with Gasteiger partial charge in [0.25, 0.3) is 11.5 Å². The molecule has 0 spiro atoms. The number of carbonyl (C=O) groups is 1. The van der Waals surface area contributed by atoms with Crippen LogP contribution in [0.1, 0.15) is 15.9 Å². The number of phenols is 1. The second-order valence-electron chi connectivity index (χ2n) is 6.76. The van der Waals surface area contributed by atoms with Crippen molar-refractivity contribution >= 4 is 34.7 Å².